The first-order valence-corrected chi connectivity index (χ1v) is 10.0. The van der Waals surface area contributed by atoms with E-state index in [9.17, 15) is 39.6 Å². The lowest BCUT2D eigenvalue weighted by Crippen LogP contribution is -2.38. The Morgan fingerprint density at radius 1 is 1.03 bits per heavy atom. The van der Waals surface area contributed by atoms with E-state index in [4.69, 9.17) is 15.3 Å². The zero-order valence-electron chi connectivity index (χ0n) is 16.0. The molecule has 1 atom stereocenters. The number of ether oxygens (including phenoxy) is 1. The van der Waals surface area contributed by atoms with Crippen LogP contribution in [0, 0.1) is 22.7 Å². The molecule has 0 saturated heterocycles. The SMILES string of the molecule is N#Cc1ccc(C(F)(F)F)c(OC[C@H](C#N)NC(=O)c2ccc(S(=O)(=O)C(F)(F)F)cc2)c1. The molecular weight excluding hydrogens is 480 g/mol. The lowest BCUT2D eigenvalue weighted by Gasteiger charge is -2.17. The van der Waals surface area contributed by atoms with Crippen LogP contribution in [0.4, 0.5) is 26.3 Å². The third-order valence-corrected chi connectivity index (χ3v) is 5.52. The number of amides is 1. The zero-order chi connectivity index (χ0) is 25.0. The summed E-state index contributed by atoms with van der Waals surface area (Å²) in [6.07, 6.45) is -4.83. The summed E-state index contributed by atoms with van der Waals surface area (Å²) < 4.78 is 105. The van der Waals surface area contributed by atoms with Crippen LogP contribution >= 0.6 is 0 Å². The molecule has 0 aliphatic heterocycles. The van der Waals surface area contributed by atoms with Crippen LogP contribution in [-0.4, -0.2) is 32.5 Å². The third-order valence-electron chi connectivity index (χ3n) is 4.01. The smallest absolute Gasteiger partial charge is 0.490 e. The number of nitriles is 2. The first-order valence-electron chi connectivity index (χ1n) is 8.56. The number of rotatable bonds is 6. The molecule has 0 aliphatic rings. The molecule has 0 aromatic heterocycles. The normalized spacial score (nSPS) is 12.8. The highest BCUT2D eigenvalue weighted by Crippen LogP contribution is 2.36. The fourth-order valence-corrected chi connectivity index (χ4v) is 3.15. The minimum atomic E-state index is -5.63. The Labute approximate surface area is 182 Å². The molecule has 0 heterocycles. The van der Waals surface area contributed by atoms with Gasteiger partial charge in [-0.3, -0.25) is 4.79 Å². The van der Waals surface area contributed by atoms with Crippen LogP contribution in [0.25, 0.3) is 0 Å². The van der Waals surface area contributed by atoms with Crippen molar-refractivity contribution in [2.75, 3.05) is 6.61 Å². The summed E-state index contributed by atoms with van der Waals surface area (Å²) in [5.41, 5.74) is -7.23. The van der Waals surface area contributed by atoms with Gasteiger partial charge >= 0.3 is 11.7 Å². The Balaban J connectivity index is 2.15. The standard InChI is InChI=1S/C19H11F6N3O4S/c20-18(21,22)15-6-1-11(8-26)7-16(15)32-10-13(9-27)28-17(29)12-2-4-14(5-3-12)33(30,31)19(23,24)25/h1-7,13H,10H2,(H,28,29)/t13-/m0/s1. The number of halogens is 6. The van der Waals surface area contributed by atoms with Gasteiger partial charge < -0.3 is 10.1 Å². The van der Waals surface area contributed by atoms with Crippen LogP contribution in [0.1, 0.15) is 21.5 Å². The average Bonchev–Trinajstić information content (AvgIpc) is 2.74. The van der Waals surface area contributed by atoms with Gasteiger partial charge in [-0.1, -0.05) is 0 Å². The summed E-state index contributed by atoms with van der Waals surface area (Å²) in [5.74, 6) is -1.78. The van der Waals surface area contributed by atoms with Crippen molar-refractivity contribution in [1.29, 1.82) is 10.5 Å². The molecule has 33 heavy (non-hydrogen) atoms. The van der Waals surface area contributed by atoms with E-state index in [1.54, 1.807) is 12.1 Å². The van der Waals surface area contributed by atoms with Crippen LogP contribution in [-0.2, 0) is 16.0 Å². The van der Waals surface area contributed by atoms with Gasteiger partial charge in [-0.15, -0.1) is 0 Å². The number of sulfone groups is 1. The first-order chi connectivity index (χ1) is 15.2. The van der Waals surface area contributed by atoms with E-state index >= 15 is 0 Å². The van der Waals surface area contributed by atoms with Gasteiger partial charge in [0.1, 0.15) is 12.4 Å². The lowest BCUT2D eigenvalue weighted by molar-refractivity contribution is -0.139. The second-order valence-corrected chi connectivity index (χ2v) is 8.20. The monoisotopic (exact) mass is 491 g/mol. The summed E-state index contributed by atoms with van der Waals surface area (Å²) in [6.45, 7) is -0.763. The van der Waals surface area contributed by atoms with E-state index in [0.717, 1.165) is 24.3 Å². The summed E-state index contributed by atoms with van der Waals surface area (Å²) in [6, 6.07) is 6.65. The van der Waals surface area contributed by atoms with Crippen molar-refractivity contribution in [3.05, 3.63) is 59.2 Å². The van der Waals surface area contributed by atoms with Crippen LogP contribution in [0.3, 0.4) is 0 Å². The fourth-order valence-electron chi connectivity index (χ4n) is 2.39. The summed E-state index contributed by atoms with van der Waals surface area (Å²) in [5, 5.41) is 20.1. The Bertz CT molecular complexity index is 1230. The van der Waals surface area contributed by atoms with E-state index < -0.39 is 56.3 Å². The summed E-state index contributed by atoms with van der Waals surface area (Å²) in [7, 11) is -5.63. The van der Waals surface area contributed by atoms with E-state index in [2.05, 4.69) is 5.32 Å². The molecule has 0 radical (unpaired) electrons. The minimum absolute atomic E-state index is 0.149. The number of hydrogen-bond acceptors (Lipinski definition) is 6. The predicted molar refractivity (Wildman–Crippen MR) is 98.2 cm³/mol. The van der Waals surface area contributed by atoms with Gasteiger partial charge in [0.15, 0.2) is 6.04 Å². The molecule has 14 heteroatoms. The lowest BCUT2D eigenvalue weighted by atomic mass is 10.1. The molecule has 2 rings (SSSR count). The molecule has 0 aliphatic carbocycles. The highest BCUT2D eigenvalue weighted by atomic mass is 32.2. The van der Waals surface area contributed by atoms with Crippen LogP contribution < -0.4 is 10.1 Å². The Morgan fingerprint density at radius 2 is 1.64 bits per heavy atom. The Morgan fingerprint density at radius 3 is 2.12 bits per heavy atom. The Hall–Kier alpha value is -3.78. The van der Waals surface area contributed by atoms with Crippen molar-refractivity contribution in [3.8, 4) is 17.9 Å². The number of nitrogens with one attached hydrogen (secondary N) is 1. The second kappa shape index (κ2) is 9.38. The predicted octanol–water partition coefficient (Wildman–Crippen LogP) is 3.57. The van der Waals surface area contributed by atoms with Gasteiger partial charge in [-0.05, 0) is 42.5 Å². The van der Waals surface area contributed by atoms with Crippen molar-refractivity contribution in [1.82, 2.24) is 5.32 Å². The molecule has 0 fully saturated rings. The molecule has 0 bridgehead atoms. The average molecular weight is 491 g/mol. The number of carbonyl (C=O) groups is 1. The van der Waals surface area contributed by atoms with Gasteiger partial charge in [0.05, 0.1) is 28.2 Å². The van der Waals surface area contributed by atoms with Gasteiger partial charge in [-0.25, -0.2) is 8.42 Å². The van der Waals surface area contributed by atoms with E-state index in [1.165, 1.54) is 0 Å². The number of hydrogen-bond donors (Lipinski definition) is 1. The molecule has 0 saturated carbocycles. The van der Waals surface area contributed by atoms with Crippen molar-refractivity contribution in [2.24, 2.45) is 0 Å². The largest absolute Gasteiger partial charge is 0.501 e. The maximum atomic E-state index is 13.1. The molecule has 2 aromatic carbocycles. The minimum Gasteiger partial charge on any atom is -0.490 e. The van der Waals surface area contributed by atoms with E-state index in [1.807, 2.05) is 0 Å². The Kier molecular flexibility index (Phi) is 7.24. The van der Waals surface area contributed by atoms with Crippen molar-refractivity contribution < 1.29 is 44.3 Å². The van der Waals surface area contributed by atoms with Crippen molar-refractivity contribution in [2.45, 2.75) is 22.6 Å². The molecule has 0 unspecified atom stereocenters. The second-order valence-electron chi connectivity index (χ2n) is 6.26. The number of benzene rings is 2. The highest BCUT2D eigenvalue weighted by Gasteiger charge is 2.46. The molecule has 0 spiro atoms. The van der Waals surface area contributed by atoms with Crippen LogP contribution in [0.5, 0.6) is 5.75 Å². The molecule has 174 valence electrons. The van der Waals surface area contributed by atoms with Crippen LogP contribution in [0.2, 0.25) is 0 Å². The number of alkyl halides is 6. The maximum absolute atomic E-state index is 13.1. The maximum Gasteiger partial charge on any atom is 0.501 e. The van der Waals surface area contributed by atoms with Crippen LogP contribution in [0.15, 0.2) is 47.4 Å². The van der Waals surface area contributed by atoms with E-state index in [-0.39, 0.29) is 11.1 Å². The molecular formula is C19H11F6N3O4S. The zero-order valence-corrected chi connectivity index (χ0v) is 16.8. The van der Waals surface area contributed by atoms with Gasteiger partial charge in [0, 0.05) is 5.56 Å². The summed E-state index contributed by atoms with van der Waals surface area (Å²) in [4.78, 5) is 11.1. The van der Waals surface area contributed by atoms with Gasteiger partial charge in [0.25, 0.3) is 15.7 Å². The van der Waals surface area contributed by atoms with E-state index in [0.29, 0.717) is 18.2 Å². The topological polar surface area (TPSA) is 120 Å². The quantitative estimate of drug-likeness (QED) is 0.617. The van der Waals surface area contributed by atoms with Gasteiger partial charge in [-0.2, -0.15) is 36.9 Å². The number of carbonyl (C=O) groups excluding carboxylic acids is 1. The summed E-state index contributed by atoms with van der Waals surface area (Å²) >= 11 is 0. The molecule has 2 aromatic rings. The van der Waals surface area contributed by atoms with Crippen molar-refractivity contribution >= 4 is 15.7 Å². The molecule has 7 nitrogen and oxygen atoms in total. The molecule has 1 amide bonds. The fraction of sp³-hybridized carbons (Fsp3) is 0.211. The van der Waals surface area contributed by atoms with Crippen molar-refractivity contribution in [3.63, 3.8) is 0 Å². The van der Waals surface area contributed by atoms with Gasteiger partial charge in [0.2, 0.25) is 0 Å². The third kappa shape index (κ3) is 5.93. The molecule has 1 N–H and O–H groups in total. The number of nitrogens with zero attached hydrogens (tertiary/aromatic N) is 2. The highest BCUT2D eigenvalue weighted by molar-refractivity contribution is 7.92. The first kappa shape index (κ1) is 25.5.